The van der Waals surface area contributed by atoms with Crippen molar-refractivity contribution in [1.29, 1.82) is 5.26 Å². The monoisotopic (exact) mass is 398 g/mol. The molecule has 0 aliphatic rings. The van der Waals surface area contributed by atoms with Crippen LogP contribution in [0.15, 0.2) is 47.8 Å². The van der Waals surface area contributed by atoms with Crippen LogP contribution in [0.3, 0.4) is 0 Å². The Hall–Kier alpha value is -2.12. The third-order valence-corrected chi connectivity index (χ3v) is 5.40. The predicted molar refractivity (Wildman–Crippen MR) is 112 cm³/mol. The van der Waals surface area contributed by atoms with Crippen LogP contribution >= 0.6 is 34.5 Å². The molecule has 130 valence electrons. The minimum absolute atomic E-state index is 0.481. The highest BCUT2D eigenvalue weighted by atomic mass is 35.5. The van der Waals surface area contributed by atoms with E-state index < -0.39 is 0 Å². The van der Waals surface area contributed by atoms with E-state index in [4.69, 9.17) is 23.2 Å². The Morgan fingerprint density at radius 1 is 1.15 bits per heavy atom. The summed E-state index contributed by atoms with van der Waals surface area (Å²) in [5.74, 6) is 0.481. The highest BCUT2D eigenvalue weighted by molar-refractivity contribution is 7.11. The summed E-state index contributed by atoms with van der Waals surface area (Å²) in [5.41, 5.74) is 4.32. The lowest BCUT2D eigenvalue weighted by Gasteiger charge is -2.05. The van der Waals surface area contributed by atoms with E-state index >= 15 is 0 Å². The van der Waals surface area contributed by atoms with Crippen LogP contribution in [0.2, 0.25) is 10.0 Å². The number of allylic oxidation sites excluding steroid dienone is 1. The maximum absolute atomic E-state index is 9.56. The zero-order valence-corrected chi connectivity index (χ0v) is 16.7. The molecule has 0 bridgehead atoms. The first-order valence-corrected chi connectivity index (χ1v) is 9.74. The van der Waals surface area contributed by atoms with Crippen LogP contribution in [0.1, 0.15) is 35.9 Å². The summed E-state index contributed by atoms with van der Waals surface area (Å²) < 4.78 is 0. The van der Waals surface area contributed by atoms with E-state index in [1.54, 1.807) is 12.1 Å². The van der Waals surface area contributed by atoms with Crippen molar-refractivity contribution in [3.63, 3.8) is 0 Å². The van der Waals surface area contributed by atoms with Crippen LogP contribution in [-0.4, -0.2) is 4.98 Å². The van der Waals surface area contributed by atoms with Crippen LogP contribution < -0.4 is 0 Å². The van der Waals surface area contributed by atoms with E-state index in [1.165, 1.54) is 16.9 Å². The molecule has 0 aliphatic carbocycles. The lowest BCUT2D eigenvalue weighted by atomic mass is 10.0. The van der Waals surface area contributed by atoms with Gasteiger partial charge in [-0.1, -0.05) is 61.3 Å². The van der Waals surface area contributed by atoms with E-state index in [1.807, 2.05) is 29.7 Å². The van der Waals surface area contributed by atoms with Gasteiger partial charge in [0.25, 0.3) is 0 Å². The summed E-state index contributed by atoms with van der Waals surface area (Å²) in [6.45, 7) is 4.31. The Kier molecular flexibility index (Phi) is 5.78. The fourth-order valence-corrected chi connectivity index (χ4v) is 3.79. The molecule has 26 heavy (non-hydrogen) atoms. The van der Waals surface area contributed by atoms with Crippen LogP contribution in [0.5, 0.6) is 0 Å². The highest BCUT2D eigenvalue weighted by Crippen LogP contribution is 2.33. The van der Waals surface area contributed by atoms with Crippen molar-refractivity contribution in [3.05, 3.63) is 74.0 Å². The molecular weight excluding hydrogens is 383 g/mol. The molecule has 0 atom stereocenters. The number of hydrogen-bond acceptors (Lipinski definition) is 3. The number of benzene rings is 2. The molecule has 0 saturated carbocycles. The molecule has 0 N–H and O–H groups in total. The normalized spacial score (nSPS) is 11.6. The van der Waals surface area contributed by atoms with Crippen molar-refractivity contribution < 1.29 is 0 Å². The van der Waals surface area contributed by atoms with E-state index in [-0.39, 0.29) is 0 Å². The van der Waals surface area contributed by atoms with Crippen molar-refractivity contribution in [2.24, 2.45) is 0 Å². The van der Waals surface area contributed by atoms with Gasteiger partial charge in [0.2, 0.25) is 0 Å². The van der Waals surface area contributed by atoms with Gasteiger partial charge >= 0.3 is 0 Å². The van der Waals surface area contributed by atoms with E-state index in [9.17, 15) is 5.26 Å². The van der Waals surface area contributed by atoms with Gasteiger partial charge in [0, 0.05) is 16.0 Å². The predicted octanol–water partition coefficient (Wildman–Crippen LogP) is 7.30. The summed E-state index contributed by atoms with van der Waals surface area (Å²) in [7, 11) is 0. The number of rotatable bonds is 4. The Labute approximate surface area is 167 Å². The third kappa shape index (κ3) is 4.16. The minimum atomic E-state index is 0.481. The molecule has 0 unspecified atom stereocenters. The van der Waals surface area contributed by atoms with Crippen molar-refractivity contribution in [2.75, 3.05) is 0 Å². The highest BCUT2D eigenvalue weighted by Gasteiger charge is 2.12. The Bertz CT molecular complexity index is 996. The molecule has 1 aromatic heterocycles. The van der Waals surface area contributed by atoms with Crippen LogP contribution in [0.4, 0.5) is 0 Å². The van der Waals surface area contributed by atoms with Crippen molar-refractivity contribution in [3.8, 4) is 17.3 Å². The molecule has 5 heteroatoms. The van der Waals surface area contributed by atoms with Crippen LogP contribution in [-0.2, 0) is 0 Å². The molecule has 0 amide bonds. The first kappa shape index (κ1) is 18.7. The largest absolute Gasteiger partial charge is 0.235 e. The maximum atomic E-state index is 9.56. The number of halogens is 2. The average molecular weight is 399 g/mol. The fraction of sp³-hybridized carbons (Fsp3) is 0.143. The number of nitriles is 1. The van der Waals surface area contributed by atoms with Crippen molar-refractivity contribution in [1.82, 2.24) is 4.98 Å². The summed E-state index contributed by atoms with van der Waals surface area (Å²) in [6.07, 6.45) is 1.86. The van der Waals surface area contributed by atoms with Gasteiger partial charge in [-0.05, 0) is 41.3 Å². The van der Waals surface area contributed by atoms with Gasteiger partial charge in [0.15, 0.2) is 0 Å². The minimum Gasteiger partial charge on any atom is -0.235 e. The smallest absolute Gasteiger partial charge is 0.134 e. The Morgan fingerprint density at radius 3 is 2.50 bits per heavy atom. The van der Waals surface area contributed by atoms with E-state index in [0.29, 0.717) is 26.5 Å². The van der Waals surface area contributed by atoms with Gasteiger partial charge in [0.1, 0.15) is 11.1 Å². The quantitative estimate of drug-likeness (QED) is 0.432. The standard InChI is InChI=1S/C21H16Cl2N2S/c1-13(2)15-5-3-14(4-6-15)9-16(11-24)21-25-20(12-26-21)18-8-7-17(22)10-19(18)23/h3-10,12-13H,1-2H3/b16-9-. The second kappa shape index (κ2) is 8.05. The van der Waals surface area contributed by atoms with Gasteiger partial charge < -0.3 is 0 Å². The second-order valence-electron chi connectivity index (χ2n) is 6.15. The molecular formula is C21H16Cl2N2S. The molecule has 0 spiro atoms. The first-order valence-electron chi connectivity index (χ1n) is 8.11. The molecule has 0 aliphatic heterocycles. The van der Waals surface area contributed by atoms with Crippen molar-refractivity contribution >= 4 is 46.2 Å². The fourth-order valence-electron chi connectivity index (χ4n) is 2.50. The third-order valence-electron chi connectivity index (χ3n) is 3.98. The summed E-state index contributed by atoms with van der Waals surface area (Å²) >= 11 is 13.6. The van der Waals surface area contributed by atoms with E-state index in [0.717, 1.165) is 16.8 Å². The lowest BCUT2D eigenvalue weighted by molar-refractivity contribution is 0.866. The maximum Gasteiger partial charge on any atom is 0.134 e. The molecule has 0 radical (unpaired) electrons. The van der Waals surface area contributed by atoms with Crippen LogP contribution in [0, 0.1) is 11.3 Å². The molecule has 3 aromatic rings. The summed E-state index contributed by atoms with van der Waals surface area (Å²) in [5, 5.41) is 13.3. The van der Waals surface area contributed by atoms with Gasteiger partial charge in [-0.3, -0.25) is 0 Å². The Balaban J connectivity index is 1.92. The number of thiazole rings is 1. The number of aromatic nitrogens is 1. The molecule has 0 saturated heterocycles. The molecule has 0 fully saturated rings. The van der Waals surface area contributed by atoms with E-state index in [2.05, 4.69) is 37.0 Å². The van der Waals surface area contributed by atoms with Gasteiger partial charge in [-0.2, -0.15) is 5.26 Å². The number of nitrogens with zero attached hydrogens (tertiary/aromatic N) is 2. The van der Waals surface area contributed by atoms with Gasteiger partial charge in [-0.15, -0.1) is 11.3 Å². The zero-order valence-electron chi connectivity index (χ0n) is 14.3. The van der Waals surface area contributed by atoms with Crippen molar-refractivity contribution in [2.45, 2.75) is 19.8 Å². The molecule has 2 nitrogen and oxygen atoms in total. The topological polar surface area (TPSA) is 36.7 Å². The van der Waals surface area contributed by atoms with Gasteiger partial charge in [-0.25, -0.2) is 4.98 Å². The first-order chi connectivity index (χ1) is 12.5. The molecule has 2 aromatic carbocycles. The lowest BCUT2D eigenvalue weighted by Crippen LogP contribution is -1.87. The zero-order chi connectivity index (χ0) is 18.7. The Morgan fingerprint density at radius 2 is 1.88 bits per heavy atom. The molecule has 1 heterocycles. The van der Waals surface area contributed by atoms with Gasteiger partial charge in [0.05, 0.1) is 16.3 Å². The average Bonchev–Trinajstić information content (AvgIpc) is 3.09. The SMILES string of the molecule is CC(C)c1ccc(/C=C(/C#N)c2nc(-c3ccc(Cl)cc3Cl)cs2)cc1. The second-order valence-corrected chi connectivity index (χ2v) is 7.85. The molecule has 3 rings (SSSR count). The number of hydrogen-bond donors (Lipinski definition) is 0. The summed E-state index contributed by atoms with van der Waals surface area (Å²) in [4.78, 5) is 4.58. The van der Waals surface area contributed by atoms with Crippen LogP contribution in [0.25, 0.3) is 22.9 Å². The summed E-state index contributed by atoms with van der Waals surface area (Å²) in [6, 6.07) is 15.8.